The Morgan fingerprint density at radius 1 is 1.73 bits per heavy atom. The van der Waals surface area contributed by atoms with Crippen LogP contribution in [0.2, 0.25) is 0 Å². The molecule has 0 bridgehead atoms. The molecule has 0 aliphatic heterocycles. The van der Waals surface area contributed by atoms with E-state index in [4.69, 9.17) is 5.21 Å². The van der Waals surface area contributed by atoms with Gasteiger partial charge in [0.05, 0.1) is 17.0 Å². The van der Waals surface area contributed by atoms with Crippen molar-refractivity contribution in [3.8, 4) is 0 Å². The maximum absolute atomic E-state index is 10.6. The van der Waals surface area contributed by atoms with E-state index in [1.165, 1.54) is 0 Å². The van der Waals surface area contributed by atoms with Crippen LogP contribution in [0.5, 0.6) is 0 Å². The van der Waals surface area contributed by atoms with Gasteiger partial charge in [0.2, 0.25) is 10.0 Å². The fraction of sp³-hybridized carbons (Fsp3) is 0.333. The van der Waals surface area contributed by atoms with Crippen LogP contribution in [0.25, 0.3) is 0 Å². The molecule has 11 heavy (non-hydrogen) atoms. The highest BCUT2D eigenvalue weighted by Crippen LogP contribution is 1.99. The van der Waals surface area contributed by atoms with Crippen molar-refractivity contribution in [3.05, 3.63) is 12.7 Å². The van der Waals surface area contributed by atoms with Crippen LogP contribution in [0.15, 0.2) is 12.7 Å². The van der Waals surface area contributed by atoms with Crippen LogP contribution in [0.3, 0.4) is 0 Å². The Balaban J connectivity index is 4.56. The van der Waals surface area contributed by atoms with Gasteiger partial charge in [0.25, 0.3) is 0 Å². The number of hydrogen-bond donors (Lipinski definition) is 1. The summed E-state index contributed by atoms with van der Waals surface area (Å²) in [6.07, 6.45) is 0.964. The largest absolute Gasteiger partial charge is 0.757 e. The molecule has 0 heterocycles. The maximum Gasteiger partial charge on any atom is 0.250 e. The molecule has 0 aromatic heterocycles. The molecule has 0 aliphatic rings. The molecule has 0 saturated carbocycles. The summed E-state index contributed by atoms with van der Waals surface area (Å²) in [6.45, 7) is 3.07. The average molecular weight is 200 g/mol. The SMILES string of the molecule is C=CCS(=O)(=O)N(O)S(=O)[O-]. The van der Waals surface area contributed by atoms with E-state index in [-0.39, 0.29) is 0 Å². The molecule has 1 atom stereocenters. The second-order valence-electron chi connectivity index (χ2n) is 1.49. The van der Waals surface area contributed by atoms with Crippen LogP contribution in [0.4, 0.5) is 0 Å². The van der Waals surface area contributed by atoms with E-state index in [1.54, 1.807) is 0 Å². The lowest BCUT2D eigenvalue weighted by Gasteiger charge is -2.14. The Labute approximate surface area is 66.6 Å². The highest BCUT2D eigenvalue weighted by atomic mass is 32.3. The van der Waals surface area contributed by atoms with E-state index in [9.17, 15) is 17.2 Å². The molecule has 0 aromatic carbocycles. The molecule has 0 radical (unpaired) electrons. The van der Waals surface area contributed by atoms with E-state index in [0.717, 1.165) is 6.08 Å². The molecule has 0 amide bonds. The van der Waals surface area contributed by atoms with Crippen molar-refractivity contribution < 1.29 is 22.4 Å². The first-order chi connectivity index (χ1) is 4.91. The lowest BCUT2D eigenvalue weighted by atomic mass is 10.8. The second-order valence-corrected chi connectivity index (χ2v) is 4.35. The van der Waals surface area contributed by atoms with E-state index in [1.807, 2.05) is 0 Å². The summed E-state index contributed by atoms with van der Waals surface area (Å²) < 4.78 is 40.2. The highest BCUT2D eigenvalue weighted by Gasteiger charge is 2.18. The van der Waals surface area contributed by atoms with Crippen LogP contribution in [-0.2, 0) is 21.3 Å². The Morgan fingerprint density at radius 3 is 2.45 bits per heavy atom. The normalized spacial score (nSPS) is 14.8. The van der Waals surface area contributed by atoms with Gasteiger partial charge in [-0.2, -0.15) is 0 Å². The van der Waals surface area contributed by atoms with Gasteiger partial charge in [0, 0.05) is 0 Å². The van der Waals surface area contributed by atoms with Crippen LogP contribution in [0, 0.1) is 0 Å². The zero-order chi connectivity index (χ0) is 9.07. The third-order valence-corrected chi connectivity index (χ3v) is 3.13. The summed E-state index contributed by atoms with van der Waals surface area (Å²) in [4.78, 5) is 0. The van der Waals surface area contributed by atoms with Crippen molar-refractivity contribution in [1.82, 2.24) is 3.87 Å². The quantitative estimate of drug-likeness (QED) is 0.356. The fourth-order valence-corrected chi connectivity index (χ4v) is 1.66. The third kappa shape index (κ3) is 3.08. The van der Waals surface area contributed by atoms with Crippen molar-refractivity contribution in [1.29, 1.82) is 0 Å². The minimum Gasteiger partial charge on any atom is -0.757 e. The topological polar surface area (TPSA) is 97.7 Å². The summed E-state index contributed by atoms with van der Waals surface area (Å²) in [6, 6.07) is 0. The Kier molecular flexibility index (Phi) is 3.83. The van der Waals surface area contributed by atoms with Gasteiger partial charge < -0.3 is 4.55 Å². The van der Waals surface area contributed by atoms with Crippen molar-refractivity contribution in [2.24, 2.45) is 0 Å². The van der Waals surface area contributed by atoms with Gasteiger partial charge >= 0.3 is 0 Å². The van der Waals surface area contributed by atoms with Crippen LogP contribution in [0.1, 0.15) is 0 Å². The predicted octanol–water partition coefficient (Wildman–Crippen LogP) is -1.01. The molecule has 8 heteroatoms. The van der Waals surface area contributed by atoms with Crippen molar-refractivity contribution >= 4 is 21.3 Å². The first-order valence-corrected chi connectivity index (χ1v) is 4.98. The summed E-state index contributed by atoms with van der Waals surface area (Å²) in [5.41, 5.74) is 0. The molecule has 0 rings (SSSR count). The minimum absolute atomic E-state index is 0.628. The van der Waals surface area contributed by atoms with Gasteiger partial charge in [-0.1, -0.05) is 6.08 Å². The number of sulfonamides is 1. The van der Waals surface area contributed by atoms with Gasteiger partial charge in [0.15, 0.2) is 0 Å². The number of hydrogen-bond acceptors (Lipinski definition) is 5. The first kappa shape index (κ1) is 10.7. The summed E-state index contributed by atoms with van der Waals surface area (Å²) in [5.74, 6) is -0.628. The van der Waals surface area contributed by atoms with E-state index >= 15 is 0 Å². The zero-order valence-electron chi connectivity index (χ0n) is 5.34. The molecule has 1 N–H and O–H groups in total. The van der Waals surface area contributed by atoms with Gasteiger partial charge in [-0.05, 0) is 3.87 Å². The van der Waals surface area contributed by atoms with Gasteiger partial charge in [-0.25, -0.2) is 8.42 Å². The molecule has 0 spiro atoms. The second kappa shape index (κ2) is 3.93. The number of rotatable bonds is 4. The molecular weight excluding hydrogens is 194 g/mol. The lowest BCUT2D eigenvalue weighted by Crippen LogP contribution is -2.30. The third-order valence-electron chi connectivity index (χ3n) is 0.694. The standard InChI is InChI=1S/C3H7NO5S2/c1-2-3-11(8,9)4(5)10(6)7/h2,5H,1,3H2,(H,6,7)/p-1. The maximum atomic E-state index is 10.6. The fourth-order valence-electron chi connectivity index (χ4n) is 0.305. The average Bonchev–Trinajstić information content (AvgIpc) is 1.86. The highest BCUT2D eigenvalue weighted by molar-refractivity contribution is 7.99. The minimum atomic E-state index is -4.15. The molecule has 66 valence electrons. The van der Waals surface area contributed by atoms with Crippen LogP contribution >= 0.6 is 0 Å². The van der Waals surface area contributed by atoms with Gasteiger partial charge in [0.1, 0.15) is 0 Å². The first-order valence-electron chi connectivity index (χ1n) is 2.34. The van der Waals surface area contributed by atoms with Crippen molar-refractivity contribution in [2.45, 2.75) is 0 Å². The van der Waals surface area contributed by atoms with E-state index in [0.29, 0.717) is 0 Å². The van der Waals surface area contributed by atoms with E-state index < -0.39 is 30.9 Å². The smallest absolute Gasteiger partial charge is 0.250 e. The Bertz CT molecular complexity index is 257. The molecule has 0 aromatic rings. The van der Waals surface area contributed by atoms with Gasteiger partial charge in [-0.3, -0.25) is 9.42 Å². The molecule has 0 fully saturated rings. The summed E-state index contributed by atoms with van der Waals surface area (Å²) in [7, 11) is -4.15. The molecule has 0 aliphatic carbocycles. The molecule has 6 nitrogen and oxygen atoms in total. The van der Waals surface area contributed by atoms with Gasteiger partial charge in [-0.15, -0.1) is 6.58 Å². The summed E-state index contributed by atoms with van der Waals surface area (Å²) in [5, 5.41) is 8.37. The Morgan fingerprint density at radius 2 is 2.18 bits per heavy atom. The number of nitrogens with zero attached hydrogens (tertiary/aromatic N) is 1. The van der Waals surface area contributed by atoms with Crippen LogP contribution in [-0.4, -0.2) is 32.0 Å². The summed E-state index contributed by atoms with van der Waals surface area (Å²) >= 11 is -3.18. The lowest BCUT2D eigenvalue weighted by molar-refractivity contribution is 0.0917. The van der Waals surface area contributed by atoms with Crippen LogP contribution < -0.4 is 0 Å². The van der Waals surface area contributed by atoms with Crippen molar-refractivity contribution in [3.63, 3.8) is 0 Å². The Hall–Kier alpha value is -0.280. The predicted molar refractivity (Wildman–Crippen MR) is 36.5 cm³/mol. The molecule has 0 saturated heterocycles. The van der Waals surface area contributed by atoms with E-state index in [2.05, 4.69) is 6.58 Å². The molecule has 1 unspecified atom stereocenters. The van der Waals surface area contributed by atoms with Crippen molar-refractivity contribution in [2.75, 3.05) is 5.75 Å². The monoisotopic (exact) mass is 200 g/mol. The zero-order valence-corrected chi connectivity index (χ0v) is 6.97. The molecular formula is C3H6NO5S2-.